The Morgan fingerprint density at radius 2 is 2.06 bits per heavy atom. The zero-order valence-corrected chi connectivity index (χ0v) is 18.5. The highest BCUT2D eigenvalue weighted by molar-refractivity contribution is 5.99. The van der Waals surface area contributed by atoms with Crippen molar-refractivity contribution in [3.63, 3.8) is 0 Å². The Morgan fingerprint density at radius 3 is 2.76 bits per heavy atom. The first-order valence-corrected chi connectivity index (χ1v) is 10.8. The minimum atomic E-state index is -1.52. The van der Waals surface area contributed by atoms with E-state index in [0.717, 1.165) is 0 Å². The van der Waals surface area contributed by atoms with Gasteiger partial charge in [0.25, 0.3) is 6.36 Å². The van der Waals surface area contributed by atoms with Crippen LogP contribution in [0, 0.1) is 18.7 Å². The molecule has 2 aliphatic rings. The van der Waals surface area contributed by atoms with E-state index in [0.29, 0.717) is 34.2 Å². The molecule has 1 amide bonds. The molecule has 0 aliphatic carbocycles. The standard InChI is InChI=1S/C23H23F2N5O4/c1-10-8-33-9-16(10)30(23(31)32)18-4-12-3-13(19(25)20(26)15(12)6-27-18)14-5-29-22-21(11(14)2)28-7-17(24)34-22/h3-6,10,16-17,28H,7-9,26H2,1-2H3,(H,31,32)/t10-,16-,17+/m0/s1. The molecule has 34 heavy (non-hydrogen) atoms. The Bertz CT molecular complexity index is 1300. The van der Waals surface area contributed by atoms with E-state index in [-0.39, 0.29) is 42.0 Å². The lowest BCUT2D eigenvalue weighted by molar-refractivity contribution is 0.0688. The van der Waals surface area contributed by atoms with Gasteiger partial charge in [-0.25, -0.2) is 19.2 Å². The van der Waals surface area contributed by atoms with Gasteiger partial charge in [0.2, 0.25) is 5.88 Å². The minimum Gasteiger partial charge on any atom is -0.465 e. The van der Waals surface area contributed by atoms with Crippen molar-refractivity contribution >= 4 is 34.1 Å². The second-order valence-electron chi connectivity index (χ2n) is 8.54. The van der Waals surface area contributed by atoms with Gasteiger partial charge >= 0.3 is 6.09 Å². The lowest BCUT2D eigenvalue weighted by atomic mass is 9.97. The van der Waals surface area contributed by atoms with Crippen LogP contribution in [-0.2, 0) is 4.74 Å². The van der Waals surface area contributed by atoms with Crippen LogP contribution >= 0.6 is 0 Å². The summed E-state index contributed by atoms with van der Waals surface area (Å²) in [5.74, 6) is -0.362. The Kier molecular flexibility index (Phi) is 5.35. The number of nitrogen functional groups attached to an aromatic ring is 1. The Labute approximate surface area is 193 Å². The van der Waals surface area contributed by atoms with Crippen LogP contribution in [0.4, 0.5) is 30.8 Å². The predicted molar refractivity (Wildman–Crippen MR) is 122 cm³/mol. The zero-order chi connectivity index (χ0) is 24.1. The summed E-state index contributed by atoms with van der Waals surface area (Å²) >= 11 is 0. The third kappa shape index (κ3) is 3.52. The fourth-order valence-corrected chi connectivity index (χ4v) is 4.50. The van der Waals surface area contributed by atoms with Crippen molar-refractivity contribution in [2.45, 2.75) is 26.2 Å². The Hall–Kier alpha value is -3.73. The van der Waals surface area contributed by atoms with Gasteiger partial charge in [0.05, 0.1) is 31.5 Å². The van der Waals surface area contributed by atoms with E-state index in [1.807, 2.05) is 6.92 Å². The average molecular weight is 471 g/mol. The molecule has 0 spiro atoms. The van der Waals surface area contributed by atoms with Gasteiger partial charge < -0.3 is 25.6 Å². The van der Waals surface area contributed by atoms with Crippen LogP contribution in [0.2, 0.25) is 0 Å². The Balaban J connectivity index is 1.63. The van der Waals surface area contributed by atoms with Gasteiger partial charge in [-0.15, -0.1) is 0 Å². The van der Waals surface area contributed by atoms with E-state index in [1.54, 1.807) is 19.1 Å². The molecule has 178 valence electrons. The van der Waals surface area contributed by atoms with E-state index in [9.17, 15) is 14.3 Å². The number of hydrogen-bond donors (Lipinski definition) is 3. The van der Waals surface area contributed by atoms with Crippen molar-refractivity contribution in [2.75, 3.05) is 35.7 Å². The first-order chi connectivity index (χ1) is 16.3. The topological polar surface area (TPSA) is 123 Å². The highest BCUT2D eigenvalue weighted by Gasteiger charge is 2.35. The maximum atomic E-state index is 15.4. The summed E-state index contributed by atoms with van der Waals surface area (Å²) in [5.41, 5.74) is 7.73. The first-order valence-electron chi connectivity index (χ1n) is 10.8. The molecule has 9 nitrogen and oxygen atoms in total. The molecule has 4 N–H and O–H groups in total. The number of nitrogens with two attached hydrogens (primary N) is 1. The number of fused-ring (bicyclic) bond motifs is 2. The zero-order valence-electron chi connectivity index (χ0n) is 18.5. The van der Waals surface area contributed by atoms with E-state index in [4.69, 9.17) is 15.2 Å². The third-order valence-electron chi connectivity index (χ3n) is 6.37. The summed E-state index contributed by atoms with van der Waals surface area (Å²) in [7, 11) is 0. The maximum Gasteiger partial charge on any atom is 0.413 e. The van der Waals surface area contributed by atoms with Crippen LogP contribution < -0.4 is 20.7 Å². The van der Waals surface area contributed by atoms with Gasteiger partial charge in [-0.1, -0.05) is 6.92 Å². The molecule has 4 heterocycles. The molecule has 3 aromatic rings. The number of pyridine rings is 2. The highest BCUT2D eigenvalue weighted by Crippen LogP contribution is 2.40. The average Bonchev–Trinajstić information content (AvgIpc) is 3.21. The number of rotatable bonds is 3. The summed E-state index contributed by atoms with van der Waals surface area (Å²) in [6.07, 6.45) is 0.101. The molecule has 1 saturated heterocycles. The van der Waals surface area contributed by atoms with Crippen molar-refractivity contribution in [2.24, 2.45) is 5.92 Å². The molecule has 1 fully saturated rings. The summed E-state index contributed by atoms with van der Waals surface area (Å²) in [6.45, 7) is 4.32. The molecule has 2 aromatic heterocycles. The fourth-order valence-electron chi connectivity index (χ4n) is 4.50. The van der Waals surface area contributed by atoms with Crippen LogP contribution in [-0.4, -0.2) is 53.3 Å². The van der Waals surface area contributed by atoms with Crippen molar-refractivity contribution in [1.29, 1.82) is 0 Å². The van der Waals surface area contributed by atoms with E-state index in [1.165, 1.54) is 17.3 Å². The second-order valence-corrected chi connectivity index (χ2v) is 8.54. The second kappa shape index (κ2) is 8.24. The van der Waals surface area contributed by atoms with E-state index >= 15 is 4.39 Å². The van der Waals surface area contributed by atoms with Crippen LogP contribution in [0.3, 0.4) is 0 Å². The number of aromatic nitrogens is 2. The number of benzene rings is 1. The molecule has 0 bridgehead atoms. The molecular weight excluding hydrogens is 448 g/mol. The maximum absolute atomic E-state index is 15.4. The molecule has 3 atom stereocenters. The summed E-state index contributed by atoms with van der Waals surface area (Å²) in [5, 5.41) is 13.7. The highest BCUT2D eigenvalue weighted by atomic mass is 19.1. The quantitative estimate of drug-likeness (QED) is 0.491. The molecule has 11 heteroatoms. The van der Waals surface area contributed by atoms with E-state index < -0.39 is 24.3 Å². The summed E-state index contributed by atoms with van der Waals surface area (Å²) < 4.78 is 39.5. The van der Waals surface area contributed by atoms with Gasteiger partial charge in [0, 0.05) is 34.8 Å². The SMILES string of the molecule is Cc1c(-c2cc3cc(N(C(=O)O)[C@H]4COC[C@@H]4C)ncc3c(N)c2F)cnc2c1NC[C@H](F)O2. The number of alkyl halides is 1. The molecular formula is C23H23F2N5O4. The smallest absolute Gasteiger partial charge is 0.413 e. The van der Waals surface area contributed by atoms with Gasteiger partial charge in [-0.3, -0.25) is 4.90 Å². The summed E-state index contributed by atoms with van der Waals surface area (Å²) in [4.78, 5) is 21.7. The molecule has 5 rings (SSSR count). The lowest BCUT2D eigenvalue weighted by Crippen LogP contribution is -2.43. The number of amides is 1. The molecule has 0 unspecified atom stereocenters. The van der Waals surface area contributed by atoms with Gasteiger partial charge in [0.15, 0.2) is 5.82 Å². The largest absolute Gasteiger partial charge is 0.465 e. The fraction of sp³-hybridized carbons (Fsp3) is 0.348. The van der Waals surface area contributed by atoms with E-state index in [2.05, 4.69) is 15.3 Å². The lowest BCUT2D eigenvalue weighted by Gasteiger charge is -2.27. The molecule has 2 aliphatic heterocycles. The molecule has 0 saturated carbocycles. The number of hydrogen-bond acceptors (Lipinski definition) is 7. The summed E-state index contributed by atoms with van der Waals surface area (Å²) in [6, 6.07) is 2.76. The number of ether oxygens (including phenoxy) is 2. The minimum absolute atomic E-state index is 0.00898. The van der Waals surface area contributed by atoms with Crippen LogP contribution in [0.15, 0.2) is 24.5 Å². The van der Waals surface area contributed by atoms with Gasteiger partial charge in [-0.05, 0) is 30.0 Å². The van der Waals surface area contributed by atoms with Gasteiger partial charge in [0.1, 0.15) is 11.5 Å². The van der Waals surface area contributed by atoms with Crippen molar-refractivity contribution in [1.82, 2.24) is 9.97 Å². The van der Waals surface area contributed by atoms with Crippen molar-refractivity contribution < 1.29 is 28.2 Å². The number of halogens is 2. The first kappa shape index (κ1) is 22.1. The number of nitrogens with zero attached hydrogens (tertiary/aromatic N) is 3. The normalized spacial score (nSPS) is 21.6. The van der Waals surface area contributed by atoms with Crippen molar-refractivity contribution in [3.8, 4) is 17.0 Å². The molecule has 1 aromatic carbocycles. The monoisotopic (exact) mass is 471 g/mol. The van der Waals surface area contributed by atoms with Crippen molar-refractivity contribution in [3.05, 3.63) is 35.9 Å². The number of carbonyl (C=O) groups is 1. The Morgan fingerprint density at radius 1 is 1.26 bits per heavy atom. The predicted octanol–water partition coefficient (Wildman–Crippen LogP) is 3.95. The van der Waals surface area contributed by atoms with Crippen LogP contribution in [0.25, 0.3) is 21.9 Å². The number of anilines is 3. The third-order valence-corrected chi connectivity index (χ3v) is 6.37. The van der Waals surface area contributed by atoms with Crippen LogP contribution in [0.1, 0.15) is 12.5 Å². The van der Waals surface area contributed by atoms with Gasteiger partial charge in [-0.2, -0.15) is 4.39 Å². The van der Waals surface area contributed by atoms with Crippen LogP contribution in [0.5, 0.6) is 5.88 Å². The molecule has 0 radical (unpaired) electrons. The number of nitrogens with one attached hydrogen (secondary N) is 1. The number of carboxylic acid groups (broad SMARTS) is 1.